The van der Waals surface area contributed by atoms with E-state index in [0.717, 1.165) is 5.56 Å². The first kappa shape index (κ1) is 16.3. The Morgan fingerprint density at radius 2 is 1.54 bits per heavy atom. The number of amides is 1. The van der Waals surface area contributed by atoms with Gasteiger partial charge in [-0.3, -0.25) is 4.79 Å². The summed E-state index contributed by atoms with van der Waals surface area (Å²) in [6.45, 7) is 0. The van der Waals surface area contributed by atoms with Gasteiger partial charge in [0.1, 0.15) is 11.5 Å². The number of hydrogen-bond acceptors (Lipinski definition) is 3. The molecule has 2 aromatic carbocycles. The Kier molecular flexibility index (Phi) is 4.99. The summed E-state index contributed by atoms with van der Waals surface area (Å²) in [5.41, 5.74) is 3.81. The summed E-state index contributed by atoms with van der Waals surface area (Å²) in [5.74, 6) is 0.890. The van der Waals surface area contributed by atoms with Gasteiger partial charge in [0, 0.05) is 21.2 Å². The third-order valence-electron chi connectivity index (χ3n) is 3.22. The average Bonchev–Trinajstić information content (AvgIpc) is 3.05. The van der Waals surface area contributed by atoms with Crippen LogP contribution in [0.25, 0.3) is 11.3 Å². The molecule has 6 heteroatoms. The molecule has 0 saturated heterocycles. The predicted molar refractivity (Wildman–Crippen MR) is 95.7 cm³/mol. The van der Waals surface area contributed by atoms with Gasteiger partial charge in [-0.1, -0.05) is 23.2 Å². The molecule has 0 aliphatic carbocycles. The zero-order valence-corrected chi connectivity index (χ0v) is 13.9. The molecule has 3 aromatic rings. The van der Waals surface area contributed by atoms with E-state index < -0.39 is 0 Å². The number of benzene rings is 2. The second kappa shape index (κ2) is 7.34. The number of carbonyl (C=O) groups excluding carboxylic acids is 1. The fourth-order valence-corrected chi connectivity index (χ4v) is 2.26. The molecule has 24 heavy (non-hydrogen) atoms. The third-order valence-corrected chi connectivity index (χ3v) is 3.72. The Hall–Kier alpha value is -2.56. The second-order valence-corrected chi connectivity index (χ2v) is 5.79. The fourth-order valence-electron chi connectivity index (χ4n) is 2.01. The van der Waals surface area contributed by atoms with E-state index in [1.165, 1.54) is 6.21 Å². The van der Waals surface area contributed by atoms with Gasteiger partial charge in [-0.25, -0.2) is 5.43 Å². The van der Waals surface area contributed by atoms with Gasteiger partial charge in [0.15, 0.2) is 0 Å². The van der Waals surface area contributed by atoms with Crippen LogP contribution in [0, 0.1) is 0 Å². The standard InChI is InChI=1S/C18H12Cl2N2O2/c19-14-5-1-12(2-6-14)17-10-9-16(24-17)11-21-22-18(23)13-3-7-15(20)8-4-13/h1-11H,(H,22,23)/b21-11-. The lowest BCUT2D eigenvalue weighted by Crippen LogP contribution is -2.17. The van der Waals surface area contributed by atoms with Gasteiger partial charge in [0.2, 0.25) is 0 Å². The molecule has 1 heterocycles. The highest BCUT2D eigenvalue weighted by Gasteiger charge is 2.05. The van der Waals surface area contributed by atoms with Crippen molar-refractivity contribution in [2.24, 2.45) is 5.10 Å². The summed E-state index contributed by atoms with van der Waals surface area (Å²) in [4.78, 5) is 11.9. The molecule has 0 aliphatic rings. The van der Waals surface area contributed by atoms with Crippen molar-refractivity contribution in [1.82, 2.24) is 5.43 Å². The minimum Gasteiger partial charge on any atom is -0.455 e. The Bertz CT molecular complexity index is 869. The highest BCUT2D eigenvalue weighted by Crippen LogP contribution is 2.23. The molecule has 0 fully saturated rings. The summed E-state index contributed by atoms with van der Waals surface area (Å²) >= 11 is 11.6. The normalized spacial score (nSPS) is 10.9. The Labute approximate surface area is 148 Å². The maximum atomic E-state index is 11.9. The first-order valence-electron chi connectivity index (χ1n) is 7.06. The van der Waals surface area contributed by atoms with Crippen molar-refractivity contribution in [2.45, 2.75) is 0 Å². The highest BCUT2D eigenvalue weighted by atomic mass is 35.5. The van der Waals surface area contributed by atoms with Crippen molar-refractivity contribution in [1.29, 1.82) is 0 Å². The van der Waals surface area contributed by atoms with Gasteiger partial charge in [-0.15, -0.1) is 0 Å². The van der Waals surface area contributed by atoms with Crippen LogP contribution >= 0.6 is 23.2 Å². The lowest BCUT2D eigenvalue weighted by Gasteiger charge is -1.99. The highest BCUT2D eigenvalue weighted by molar-refractivity contribution is 6.30. The van der Waals surface area contributed by atoms with Gasteiger partial charge >= 0.3 is 0 Å². The van der Waals surface area contributed by atoms with Crippen molar-refractivity contribution in [3.8, 4) is 11.3 Å². The van der Waals surface area contributed by atoms with E-state index in [-0.39, 0.29) is 5.91 Å². The molecule has 0 spiro atoms. The van der Waals surface area contributed by atoms with E-state index in [9.17, 15) is 4.79 Å². The largest absolute Gasteiger partial charge is 0.455 e. The molecule has 0 atom stereocenters. The van der Waals surface area contributed by atoms with Crippen LogP contribution in [-0.4, -0.2) is 12.1 Å². The molecule has 0 unspecified atom stereocenters. The van der Waals surface area contributed by atoms with Crippen molar-refractivity contribution < 1.29 is 9.21 Å². The van der Waals surface area contributed by atoms with Gasteiger partial charge in [0.05, 0.1) is 6.21 Å². The van der Waals surface area contributed by atoms with Crippen LogP contribution in [0.15, 0.2) is 70.2 Å². The Balaban J connectivity index is 1.64. The lowest BCUT2D eigenvalue weighted by atomic mass is 10.2. The van der Waals surface area contributed by atoms with Crippen LogP contribution < -0.4 is 5.43 Å². The van der Waals surface area contributed by atoms with Gasteiger partial charge in [-0.05, 0) is 60.7 Å². The van der Waals surface area contributed by atoms with Crippen molar-refractivity contribution in [3.63, 3.8) is 0 Å². The van der Waals surface area contributed by atoms with Crippen molar-refractivity contribution in [3.05, 3.63) is 82.0 Å². The van der Waals surface area contributed by atoms with Gasteiger partial charge in [-0.2, -0.15) is 5.10 Å². The first-order valence-corrected chi connectivity index (χ1v) is 7.82. The van der Waals surface area contributed by atoms with Crippen molar-refractivity contribution in [2.75, 3.05) is 0 Å². The number of hydrogen-bond donors (Lipinski definition) is 1. The summed E-state index contributed by atoms with van der Waals surface area (Å²) < 4.78 is 5.65. The van der Waals surface area contributed by atoms with E-state index in [0.29, 0.717) is 27.1 Å². The van der Waals surface area contributed by atoms with Crippen LogP contribution in [0.3, 0.4) is 0 Å². The van der Waals surface area contributed by atoms with E-state index in [4.69, 9.17) is 27.6 Å². The average molecular weight is 359 g/mol. The molecule has 1 aromatic heterocycles. The van der Waals surface area contributed by atoms with E-state index in [1.807, 2.05) is 18.2 Å². The maximum Gasteiger partial charge on any atom is 0.271 e. The van der Waals surface area contributed by atoms with Crippen LogP contribution in [0.2, 0.25) is 10.0 Å². The summed E-state index contributed by atoms with van der Waals surface area (Å²) in [7, 11) is 0. The Morgan fingerprint density at radius 3 is 2.21 bits per heavy atom. The monoisotopic (exact) mass is 358 g/mol. The number of nitrogens with one attached hydrogen (secondary N) is 1. The predicted octanol–water partition coefficient (Wildman–Crippen LogP) is 5.02. The van der Waals surface area contributed by atoms with Crippen LogP contribution in [0.1, 0.15) is 16.1 Å². The molecule has 1 N–H and O–H groups in total. The van der Waals surface area contributed by atoms with Gasteiger partial charge in [0.25, 0.3) is 5.91 Å². The van der Waals surface area contributed by atoms with Crippen molar-refractivity contribution >= 4 is 35.3 Å². The molecule has 120 valence electrons. The number of carbonyl (C=O) groups is 1. The van der Waals surface area contributed by atoms with Crippen LogP contribution in [0.5, 0.6) is 0 Å². The van der Waals surface area contributed by atoms with Gasteiger partial charge < -0.3 is 4.42 Å². The van der Waals surface area contributed by atoms with E-state index >= 15 is 0 Å². The first-order chi connectivity index (χ1) is 11.6. The molecule has 0 saturated carbocycles. The number of rotatable bonds is 4. The number of furan rings is 1. The molecule has 1 amide bonds. The topological polar surface area (TPSA) is 54.6 Å². The van der Waals surface area contributed by atoms with E-state index in [1.54, 1.807) is 42.5 Å². The summed E-state index contributed by atoms with van der Waals surface area (Å²) in [6, 6.07) is 17.4. The summed E-state index contributed by atoms with van der Waals surface area (Å²) in [6.07, 6.45) is 1.44. The van der Waals surface area contributed by atoms with Crippen LogP contribution in [0.4, 0.5) is 0 Å². The van der Waals surface area contributed by atoms with Crippen LogP contribution in [-0.2, 0) is 0 Å². The number of halogens is 2. The molecule has 3 rings (SSSR count). The second-order valence-electron chi connectivity index (χ2n) is 4.91. The number of hydrazone groups is 1. The molecule has 4 nitrogen and oxygen atoms in total. The quantitative estimate of drug-likeness (QED) is 0.525. The zero-order valence-electron chi connectivity index (χ0n) is 12.4. The fraction of sp³-hybridized carbons (Fsp3) is 0. The molecule has 0 aliphatic heterocycles. The van der Waals surface area contributed by atoms with E-state index in [2.05, 4.69) is 10.5 Å². The smallest absolute Gasteiger partial charge is 0.271 e. The third kappa shape index (κ3) is 4.04. The lowest BCUT2D eigenvalue weighted by molar-refractivity contribution is 0.0955. The molecular formula is C18H12Cl2N2O2. The minimum absolute atomic E-state index is 0.326. The zero-order chi connectivity index (χ0) is 16.9. The minimum atomic E-state index is -0.326. The Morgan fingerprint density at radius 1 is 0.917 bits per heavy atom. The molecular weight excluding hydrogens is 347 g/mol. The maximum absolute atomic E-state index is 11.9. The summed E-state index contributed by atoms with van der Waals surface area (Å²) in [5, 5.41) is 5.12. The molecule has 0 radical (unpaired) electrons. The molecule has 0 bridgehead atoms. The number of nitrogens with zero attached hydrogens (tertiary/aromatic N) is 1. The SMILES string of the molecule is O=C(N/N=C\c1ccc(-c2ccc(Cl)cc2)o1)c1ccc(Cl)cc1.